The van der Waals surface area contributed by atoms with E-state index in [0.29, 0.717) is 0 Å². The van der Waals surface area contributed by atoms with Crippen molar-refractivity contribution >= 4 is 22.6 Å². The zero-order valence-electron chi connectivity index (χ0n) is 7.76. The van der Waals surface area contributed by atoms with E-state index in [2.05, 4.69) is 65.7 Å². The summed E-state index contributed by atoms with van der Waals surface area (Å²) in [6, 6.07) is 8.78. The van der Waals surface area contributed by atoms with Gasteiger partial charge in [-0.15, -0.1) is 6.58 Å². The zero-order valence-corrected chi connectivity index (χ0v) is 9.91. The molecule has 0 aliphatic rings. The molecule has 0 radical (unpaired) electrons. The normalized spacial score (nSPS) is 12.5. The summed E-state index contributed by atoms with van der Waals surface area (Å²) in [6.45, 7) is 6.88. The van der Waals surface area contributed by atoms with Crippen molar-refractivity contribution in [3.05, 3.63) is 46.1 Å². The minimum Gasteiger partial charge on any atom is -0.307 e. The minimum absolute atomic E-state index is 0.280. The Labute approximate surface area is 93.4 Å². The molecule has 1 atom stereocenters. The number of halogens is 1. The summed E-state index contributed by atoms with van der Waals surface area (Å²) >= 11 is 2.31. The van der Waals surface area contributed by atoms with Crippen LogP contribution in [-0.4, -0.2) is 6.54 Å². The highest BCUT2D eigenvalue weighted by Crippen LogP contribution is 2.15. The van der Waals surface area contributed by atoms with Gasteiger partial charge >= 0.3 is 0 Å². The lowest BCUT2D eigenvalue weighted by Gasteiger charge is -2.13. The van der Waals surface area contributed by atoms with Gasteiger partial charge < -0.3 is 5.32 Å². The average Bonchev–Trinajstić information content (AvgIpc) is 2.16. The van der Waals surface area contributed by atoms with Crippen LogP contribution in [-0.2, 0) is 0 Å². The van der Waals surface area contributed by atoms with E-state index in [9.17, 15) is 0 Å². The third kappa shape index (κ3) is 3.12. The SMILES string of the molecule is C=CC(NCC)c1ccc(I)cc1. The lowest BCUT2D eigenvalue weighted by atomic mass is 10.1. The van der Waals surface area contributed by atoms with Crippen LogP contribution in [0.1, 0.15) is 18.5 Å². The van der Waals surface area contributed by atoms with E-state index in [0.717, 1.165) is 6.54 Å². The largest absolute Gasteiger partial charge is 0.307 e. The van der Waals surface area contributed by atoms with Crippen molar-refractivity contribution in [2.45, 2.75) is 13.0 Å². The molecule has 1 rings (SSSR count). The molecule has 0 aliphatic heterocycles. The van der Waals surface area contributed by atoms with Gasteiger partial charge in [-0.1, -0.05) is 25.1 Å². The molecule has 2 heteroatoms. The van der Waals surface area contributed by atoms with Crippen molar-refractivity contribution in [2.24, 2.45) is 0 Å². The average molecular weight is 287 g/mol. The number of hydrogen-bond donors (Lipinski definition) is 1. The van der Waals surface area contributed by atoms with Crippen LogP contribution in [0, 0.1) is 3.57 Å². The van der Waals surface area contributed by atoms with Crippen LogP contribution in [0.2, 0.25) is 0 Å². The minimum atomic E-state index is 0.280. The molecule has 0 saturated carbocycles. The van der Waals surface area contributed by atoms with Crippen LogP contribution in [0.5, 0.6) is 0 Å². The first-order valence-electron chi connectivity index (χ1n) is 4.39. The van der Waals surface area contributed by atoms with E-state index in [1.54, 1.807) is 0 Å². The summed E-state index contributed by atoms with van der Waals surface area (Å²) in [6.07, 6.45) is 1.94. The molecular formula is C11H14IN. The fourth-order valence-electron chi connectivity index (χ4n) is 1.23. The van der Waals surface area contributed by atoms with Gasteiger partial charge in [0.2, 0.25) is 0 Å². The molecule has 13 heavy (non-hydrogen) atoms. The number of rotatable bonds is 4. The van der Waals surface area contributed by atoms with Crippen molar-refractivity contribution in [3.8, 4) is 0 Å². The van der Waals surface area contributed by atoms with E-state index in [4.69, 9.17) is 0 Å². The van der Waals surface area contributed by atoms with Crippen molar-refractivity contribution in [3.63, 3.8) is 0 Å². The van der Waals surface area contributed by atoms with Crippen LogP contribution >= 0.6 is 22.6 Å². The Bertz CT molecular complexity index is 266. The molecule has 1 nitrogen and oxygen atoms in total. The lowest BCUT2D eigenvalue weighted by molar-refractivity contribution is 0.649. The second-order valence-corrected chi connectivity index (χ2v) is 4.07. The Morgan fingerprint density at radius 2 is 2.08 bits per heavy atom. The Morgan fingerprint density at radius 3 is 2.54 bits per heavy atom. The topological polar surface area (TPSA) is 12.0 Å². The maximum atomic E-state index is 3.81. The molecule has 0 heterocycles. The molecule has 0 aromatic heterocycles. The van der Waals surface area contributed by atoms with Gasteiger partial charge in [-0.05, 0) is 46.8 Å². The van der Waals surface area contributed by atoms with Crippen molar-refractivity contribution in [2.75, 3.05) is 6.54 Å². The Kier molecular flexibility index (Phi) is 4.45. The second kappa shape index (κ2) is 5.40. The lowest BCUT2D eigenvalue weighted by Crippen LogP contribution is -2.18. The number of nitrogens with one attached hydrogen (secondary N) is 1. The first kappa shape index (κ1) is 10.7. The molecule has 1 aromatic carbocycles. The molecule has 70 valence electrons. The maximum absolute atomic E-state index is 3.81. The van der Waals surface area contributed by atoms with Crippen LogP contribution in [0.15, 0.2) is 36.9 Å². The van der Waals surface area contributed by atoms with E-state index in [-0.39, 0.29) is 6.04 Å². The predicted octanol–water partition coefficient (Wildman–Crippen LogP) is 3.13. The van der Waals surface area contributed by atoms with Gasteiger partial charge in [0.15, 0.2) is 0 Å². The summed E-state index contributed by atoms with van der Waals surface area (Å²) < 4.78 is 1.26. The smallest absolute Gasteiger partial charge is 0.0503 e. The monoisotopic (exact) mass is 287 g/mol. The number of hydrogen-bond acceptors (Lipinski definition) is 1. The first-order chi connectivity index (χ1) is 6.27. The molecule has 1 N–H and O–H groups in total. The van der Waals surface area contributed by atoms with Gasteiger partial charge in [0.1, 0.15) is 0 Å². The second-order valence-electron chi connectivity index (χ2n) is 2.82. The Morgan fingerprint density at radius 1 is 1.46 bits per heavy atom. The fourth-order valence-corrected chi connectivity index (χ4v) is 1.59. The summed E-state index contributed by atoms with van der Waals surface area (Å²) in [5.41, 5.74) is 1.28. The highest BCUT2D eigenvalue weighted by atomic mass is 127. The number of likely N-dealkylation sites (N-methyl/N-ethyl adjacent to an activating group) is 1. The molecule has 0 aliphatic carbocycles. The highest BCUT2D eigenvalue weighted by Gasteiger charge is 2.03. The molecule has 0 amide bonds. The van der Waals surface area contributed by atoms with Crippen LogP contribution in [0.3, 0.4) is 0 Å². The van der Waals surface area contributed by atoms with Gasteiger partial charge in [-0.3, -0.25) is 0 Å². The molecule has 0 saturated heterocycles. The summed E-state index contributed by atoms with van der Waals surface area (Å²) in [5.74, 6) is 0. The van der Waals surface area contributed by atoms with Gasteiger partial charge in [0.05, 0.1) is 6.04 Å². The molecule has 1 unspecified atom stereocenters. The van der Waals surface area contributed by atoms with E-state index < -0.39 is 0 Å². The quantitative estimate of drug-likeness (QED) is 0.662. The van der Waals surface area contributed by atoms with E-state index >= 15 is 0 Å². The van der Waals surface area contributed by atoms with Crippen LogP contribution < -0.4 is 5.32 Å². The Balaban J connectivity index is 2.79. The van der Waals surface area contributed by atoms with Crippen molar-refractivity contribution in [1.82, 2.24) is 5.32 Å². The van der Waals surface area contributed by atoms with Crippen LogP contribution in [0.25, 0.3) is 0 Å². The van der Waals surface area contributed by atoms with Crippen molar-refractivity contribution in [1.29, 1.82) is 0 Å². The van der Waals surface area contributed by atoms with Gasteiger partial charge in [0.25, 0.3) is 0 Å². The summed E-state index contributed by atoms with van der Waals surface area (Å²) in [5, 5.41) is 3.35. The van der Waals surface area contributed by atoms with Gasteiger partial charge in [0, 0.05) is 3.57 Å². The Hall–Kier alpha value is -0.350. The molecule has 0 fully saturated rings. The summed E-state index contributed by atoms with van der Waals surface area (Å²) in [7, 11) is 0. The third-order valence-corrected chi connectivity index (χ3v) is 2.61. The fraction of sp³-hybridized carbons (Fsp3) is 0.273. The molecule has 0 bridgehead atoms. The first-order valence-corrected chi connectivity index (χ1v) is 5.47. The standard InChI is InChI=1S/C11H14IN/c1-3-11(13-4-2)9-5-7-10(12)8-6-9/h3,5-8,11,13H,1,4H2,2H3. The molecular weight excluding hydrogens is 273 g/mol. The highest BCUT2D eigenvalue weighted by molar-refractivity contribution is 14.1. The van der Waals surface area contributed by atoms with Crippen LogP contribution in [0.4, 0.5) is 0 Å². The molecule has 1 aromatic rings. The van der Waals surface area contributed by atoms with E-state index in [1.807, 2.05) is 6.08 Å². The van der Waals surface area contributed by atoms with E-state index in [1.165, 1.54) is 9.13 Å². The molecule has 0 spiro atoms. The third-order valence-electron chi connectivity index (χ3n) is 1.89. The van der Waals surface area contributed by atoms with Gasteiger partial charge in [-0.2, -0.15) is 0 Å². The van der Waals surface area contributed by atoms with Crippen molar-refractivity contribution < 1.29 is 0 Å². The maximum Gasteiger partial charge on any atom is 0.0503 e. The number of benzene rings is 1. The zero-order chi connectivity index (χ0) is 9.68. The van der Waals surface area contributed by atoms with Gasteiger partial charge in [-0.25, -0.2) is 0 Å². The predicted molar refractivity (Wildman–Crippen MR) is 65.8 cm³/mol. The summed E-state index contributed by atoms with van der Waals surface area (Å²) in [4.78, 5) is 0.